The van der Waals surface area contributed by atoms with Gasteiger partial charge in [0.25, 0.3) is 0 Å². The fourth-order valence-corrected chi connectivity index (χ4v) is 3.66. The van der Waals surface area contributed by atoms with E-state index in [-0.39, 0.29) is 0 Å². The van der Waals surface area contributed by atoms with Crippen LogP contribution in [-0.4, -0.2) is 25.6 Å². The molecule has 16 heavy (non-hydrogen) atoms. The fraction of sp³-hybridized carbons (Fsp3) is 0.455. The zero-order valence-corrected chi connectivity index (χ0v) is 11.2. The van der Waals surface area contributed by atoms with Crippen molar-refractivity contribution in [2.45, 2.75) is 24.5 Å². The summed E-state index contributed by atoms with van der Waals surface area (Å²) in [6.45, 7) is 0. The molecule has 0 N–H and O–H groups in total. The second-order valence-corrected chi connectivity index (χ2v) is 6.35. The molecule has 0 bridgehead atoms. The molecule has 1 aliphatic rings. The zero-order valence-electron chi connectivity index (χ0n) is 8.77. The van der Waals surface area contributed by atoms with Crippen molar-refractivity contribution in [3.8, 4) is 0 Å². The Morgan fingerprint density at radius 3 is 3.19 bits per heavy atom. The van der Waals surface area contributed by atoms with Crippen molar-refractivity contribution >= 4 is 33.3 Å². The summed E-state index contributed by atoms with van der Waals surface area (Å²) in [4.78, 5) is 0. The van der Waals surface area contributed by atoms with Crippen LogP contribution in [0.2, 0.25) is 0 Å². The number of nitrogens with zero attached hydrogens (tertiary/aromatic N) is 3. The molecular formula is C11H12BrN3S. The Bertz CT molecular complexity index is 505. The van der Waals surface area contributed by atoms with E-state index in [0.29, 0.717) is 0 Å². The van der Waals surface area contributed by atoms with Crippen molar-refractivity contribution in [1.82, 2.24) is 14.6 Å². The number of thioether (sulfide) groups is 1. The molecule has 3 nitrogen and oxygen atoms in total. The molecule has 0 spiro atoms. The topological polar surface area (TPSA) is 30.2 Å². The van der Waals surface area contributed by atoms with Gasteiger partial charge in [-0.2, -0.15) is 11.8 Å². The van der Waals surface area contributed by atoms with Gasteiger partial charge in [-0.15, -0.1) is 10.2 Å². The van der Waals surface area contributed by atoms with E-state index in [9.17, 15) is 0 Å². The molecule has 1 saturated heterocycles. The Kier molecular flexibility index (Phi) is 2.90. The Labute approximate surface area is 107 Å². The van der Waals surface area contributed by atoms with Gasteiger partial charge in [-0.1, -0.05) is 0 Å². The predicted octanol–water partition coefficient (Wildman–Crippen LogP) is 2.93. The van der Waals surface area contributed by atoms with E-state index in [0.717, 1.165) is 27.6 Å². The van der Waals surface area contributed by atoms with Crippen LogP contribution in [-0.2, 0) is 6.42 Å². The molecular weight excluding hydrogens is 286 g/mol. The maximum absolute atomic E-state index is 4.28. The van der Waals surface area contributed by atoms with Crippen molar-refractivity contribution in [3.63, 3.8) is 0 Å². The molecule has 3 heterocycles. The molecule has 1 fully saturated rings. The highest BCUT2D eigenvalue weighted by molar-refractivity contribution is 9.10. The van der Waals surface area contributed by atoms with Crippen LogP contribution in [0, 0.1) is 0 Å². The van der Waals surface area contributed by atoms with Gasteiger partial charge in [0.15, 0.2) is 5.65 Å². The van der Waals surface area contributed by atoms with E-state index in [1.807, 2.05) is 18.3 Å². The van der Waals surface area contributed by atoms with Crippen LogP contribution in [0.1, 0.15) is 18.7 Å². The van der Waals surface area contributed by atoms with Crippen LogP contribution in [0.15, 0.2) is 22.8 Å². The summed E-state index contributed by atoms with van der Waals surface area (Å²) >= 11 is 5.54. The molecule has 1 aliphatic heterocycles. The second-order valence-electron chi connectivity index (χ2n) is 4.03. The van der Waals surface area contributed by atoms with Gasteiger partial charge in [0, 0.05) is 22.3 Å². The normalized spacial score (nSPS) is 20.7. The monoisotopic (exact) mass is 297 g/mol. The van der Waals surface area contributed by atoms with Crippen LogP contribution in [0.3, 0.4) is 0 Å². The van der Waals surface area contributed by atoms with Crippen LogP contribution in [0.4, 0.5) is 0 Å². The zero-order chi connectivity index (χ0) is 11.0. The molecule has 3 rings (SSSR count). The molecule has 2 aromatic heterocycles. The molecule has 1 atom stereocenters. The van der Waals surface area contributed by atoms with Gasteiger partial charge < -0.3 is 0 Å². The highest BCUT2D eigenvalue weighted by atomic mass is 79.9. The number of pyridine rings is 1. The fourth-order valence-electron chi connectivity index (χ4n) is 2.06. The number of halogens is 1. The maximum atomic E-state index is 4.28. The minimum Gasteiger partial charge on any atom is -0.285 e. The Hall–Kier alpha value is -0.550. The molecule has 1 unspecified atom stereocenters. The lowest BCUT2D eigenvalue weighted by molar-refractivity contribution is 0.738. The average molecular weight is 298 g/mol. The van der Waals surface area contributed by atoms with E-state index in [4.69, 9.17) is 0 Å². The van der Waals surface area contributed by atoms with Gasteiger partial charge in [0.2, 0.25) is 0 Å². The first-order valence-electron chi connectivity index (χ1n) is 5.44. The highest BCUT2D eigenvalue weighted by Crippen LogP contribution is 2.28. The van der Waals surface area contributed by atoms with Crippen LogP contribution in [0.5, 0.6) is 0 Å². The summed E-state index contributed by atoms with van der Waals surface area (Å²) in [7, 11) is 0. The van der Waals surface area contributed by atoms with Crippen molar-refractivity contribution in [1.29, 1.82) is 0 Å². The number of hydrogen-bond donors (Lipinski definition) is 0. The first kappa shape index (κ1) is 10.6. The minimum atomic E-state index is 0.728. The lowest BCUT2D eigenvalue weighted by Crippen LogP contribution is -2.05. The third kappa shape index (κ3) is 1.98. The summed E-state index contributed by atoms with van der Waals surface area (Å²) in [5.41, 5.74) is 0.932. The van der Waals surface area contributed by atoms with Crippen LogP contribution < -0.4 is 0 Å². The first-order chi connectivity index (χ1) is 7.83. The van der Waals surface area contributed by atoms with Gasteiger partial charge in [-0.25, -0.2) is 0 Å². The third-order valence-electron chi connectivity index (χ3n) is 2.87. The van der Waals surface area contributed by atoms with Gasteiger partial charge in [-0.3, -0.25) is 4.40 Å². The standard InChI is InChI=1S/C11H12BrN3S/c12-8-3-4-10-13-14-11(15(10)7-8)6-9-2-1-5-16-9/h3-4,7,9H,1-2,5-6H2. The van der Waals surface area contributed by atoms with Crippen molar-refractivity contribution in [2.75, 3.05) is 5.75 Å². The predicted molar refractivity (Wildman–Crippen MR) is 69.9 cm³/mol. The smallest absolute Gasteiger partial charge is 0.160 e. The lowest BCUT2D eigenvalue weighted by Gasteiger charge is -2.06. The molecule has 5 heteroatoms. The molecule has 0 amide bonds. The summed E-state index contributed by atoms with van der Waals surface area (Å²) in [5, 5.41) is 9.19. The number of fused-ring (bicyclic) bond motifs is 1. The van der Waals surface area contributed by atoms with E-state index in [2.05, 4.69) is 42.3 Å². The van der Waals surface area contributed by atoms with Crippen molar-refractivity contribution in [2.24, 2.45) is 0 Å². The first-order valence-corrected chi connectivity index (χ1v) is 7.28. The van der Waals surface area contributed by atoms with Crippen LogP contribution in [0.25, 0.3) is 5.65 Å². The van der Waals surface area contributed by atoms with E-state index in [1.54, 1.807) is 0 Å². The Morgan fingerprint density at radius 2 is 2.38 bits per heavy atom. The summed E-state index contributed by atoms with van der Waals surface area (Å²) < 4.78 is 3.16. The van der Waals surface area contributed by atoms with Crippen LogP contribution >= 0.6 is 27.7 Å². The van der Waals surface area contributed by atoms with Crippen molar-refractivity contribution < 1.29 is 0 Å². The summed E-state index contributed by atoms with van der Waals surface area (Å²) in [6, 6.07) is 3.99. The van der Waals surface area contributed by atoms with Gasteiger partial charge in [0.05, 0.1) is 0 Å². The van der Waals surface area contributed by atoms with E-state index >= 15 is 0 Å². The lowest BCUT2D eigenvalue weighted by atomic mass is 10.2. The minimum absolute atomic E-state index is 0.728. The molecule has 2 aromatic rings. The number of rotatable bonds is 2. The van der Waals surface area contributed by atoms with Gasteiger partial charge >= 0.3 is 0 Å². The highest BCUT2D eigenvalue weighted by Gasteiger charge is 2.18. The summed E-state index contributed by atoms with van der Waals surface area (Å²) in [5.74, 6) is 2.38. The van der Waals surface area contributed by atoms with Gasteiger partial charge in [0.1, 0.15) is 5.82 Å². The van der Waals surface area contributed by atoms with E-state index in [1.165, 1.54) is 18.6 Å². The molecule has 0 radical (unpaired) electrons. The van der Waals surface area contributed by atoms with E-state index < -0.39 is 0 Å². The second kappa shape index (κ2) is 4.37. The number of aromatic nitrogens is 3. The Balaban J connectivity index is 1.93. The largest absolute Gasteiger partial charge is 0.285 e. The SMILES string of the molecule is Brc1ccc2nnc(CC3CCCS3)n2c1. The van der Waals surface area contributed by atoms with Crippen molar-refractivity contribution in [3.05, 3.63) is 28.6 Å². The average Bonchev–Trinajstić information content (AvgIpc) is 2.90. The van der Waals surface area contributed by atoms with Gasteiger partial charge in [-0.05, 0) is 46.7 Å². The maximum Gasteiger partial charge on any atom is 0.160 e. The third-order valence-corrected chi connectivity index (χ3v) is 4.74. The Morgan fingerprint density at radius 1 is 1.44 bits per heavy atom. The molecule has 0 aromatic carbocycles. The molecule has 0 saturated carbocycles. The summed E-state index contributed by atoms with van der Waals surface area (Å²) in [6.07, 6.45) is 5.73. The number of hydrogen-bond acceptors (Lipinski definition) is 3. The molecule has 0 aliphatic carbocycles. The quantitative estimate of drug-likeness (QED) is 0.854. The molecule has 84 valence electrons.